The number of aryl methyl sites for hydroxylation is 1. The number of hydrogen-bond acceptors (Lipinski definition) is 9. The number of rotatable bonds is 21. The number of benzene rings is 3. The van der Waals surface area contributed by atoms with Crippen LogP contribution >= 0.6 is 0 Å². The summed E-state index contributed by atoms with van der Waals surface area (Å²) >= 11 is 0. The number of unbranched alkanes of at least 4 members (excludes halogenated alkanes) is 1. The monoisotopic (exact) mass is 851 g/mol. The Kier molecular flexibility index (Phi) is 17.2. The normalized spacial score (nSPS) is 18.6. The van der Waals surface area contributed by atoms with Crippen LogP contribution in [0.4, 0.5) is 0 Å². The molecule has 2 unspecified atom stereocenters. The Balaban J connectivity index is 0.957. The lowest BCUT2D eigenvalue weighted by Crippen LogP contribution is -2.56. The number of nitrogens with zero attached hydrogens (tertiary/aromatic N) is 2. The Labute approximate surface area is 366 Å². The van der Waals surface area contributed by atoms with Gasteiger partial charge in [0.25, 0.3) is 0 Å². The molecule has 0 spiro atoms. The summed E-state index contributed by atoms with van der Waals surface area (Å²) in [6, 6.07) is 20.8. The molecule has 2 fully saturated rings. The van der Waals surface area contributed by atoms with Crippen molar-refractivity contribution in [3.63, 3.8) is 0 Å². The minimum atomic E-state index is -0.845. The fourth-order valence-corrected chi connectivity index (χ4v) is 8.57. The summed E-state index contributed by atoms with van der Waals surface area (Å²) in [7, 11) is 3.40. The van der Waals surface area contributed by atoms with Gasteiger partial charge in [0, 0.05) is 32.5 Å². The quantitative estimate of drug-likeness (QED) is 0.101. The highest BCUT2D eigenvalue weighted by Gasteiger charge is 2.39. The molecule has 5 amide bonds. The van der Waals surface area contributed by atoms with Gasteiger partial charge in [-0.2, -0.15) is 0 Å². The predicted octanol–water partition coefficient (Wildman–Crippen LogP) is 3.61. The van der Waals surface area contributed by atoms with E-state index in [1.807, 2.05) is 65.6 Å². The lowest BCUT2D eigenvalue weighted by Gasteiger charge is -2.32. The van der Waals surface area contributed by atoms with Gasteiger partial charge in [-0.1, -0.05) is 48.5 Å². The molecular weight excluding hydrogens is 787 g/mol. The number of carbonyl (C=O) groups is 5. The van der Waals surface area contributed by atoms with Crippen molar-refractivity contribution in [3.8, 4) is 11.5 Å². The van der Waals surface area contributed by atoms with Gasteiger partial charge in [-0.25, -0.2) is 0 Å². The van der Waals surface area contributed by atoms with Crippen molar-refractivity contribution in [1.29, 1.82) is 0 Å². The Morgan fingerprint density at radius 1 is 0.710 bits per heavy atom. The summed E-state index contributed by atoms with van der Waals surface area (Å²) in [5, 5.41) is 14.9. The number of ether oxygens (including phenoxy) is 2. The SMILES string of the molecule is CNCC(=O)NC(Cc1ccc(OCCCCOc2ccc(C[C@H](NC(=O)[C@H](C)NC)C(=O)N3CCCC3C(=O)N[C@@H]3CCCc4ccccc43)cc2)cc1)C(=O)N1CCCC1. The minimum absolute atomic E-state index is 0.0396. The first kappa shape index (κ1) is 46.0. The second kappa shape index (κ2) is 23.1. The molecule has 2 saturated heterocycles. The van der Waals surface area contributed by atoms with Crippen LogP contribution in [0.25, 0.3) is 0 Å². The number of likely N-dealkylation sites (N-methyl/N-ethyl adjacent to an activating group) is 2. The van der Waals surface area contributed by atoms with Crippen molar-refractivity contribution in [1.82, 2.24) is 36.4 Å². The van der Waals surface area contributed by atoms with Gasteiger partial charge in [0.15, 0.2) is 0 Å². The highest BCUT2D eigenvalue weighted by molar-refractivity contribution is 5.94. The molecule has 0 saturated carbocycles. The molecule has 3 aromatic rings. The molecule has 0 radical (unpaired) electrons. The van der Waals surface area contributed by atoms with E-state index in [0.717, 1.165) is 80.5 Å². The van der Waals surface area contributed by atoms with Gasteiger partial charge >= 0.3 is 0 Å². The molecule has 2 aliphatic heterocycles. The molecule has 5 atom stereocenters. The summed E-state index contributed by atoms with van der Waals surface area (Å²) in [6.07, 6.45) is 8.36. The fourth-order valence-electron chi connectivity index (χ4n) is 8.57. The van der Waals surface area contributed by atoms with Crippen molar-refractivity contribution in [2.24, 2.45) is 0 Å². The molecule has 6 rings (SSSR count). The van der Waals surface area contributed by atoms with Crippen LogP contribution < -0.4 is 36.1 Å². The zero-order valence-electron chi connectivity index (χ0n) is 36.6. The van der Waals surface area contributed by atoms with Crippen LogP contribution in [0.3, 0.4) is 0 Å². The van der Waals surface area contributed by atoms with Crippen LogP contribution in [-0.2, 0) is 43.2 Å². The molecule has 3 aliphatic rings. The Bertz CT molecular complexity index is 1950. The van der Waals surface area contributed by atoms with Gasteiger partial charge in [0.2, 0.25) is 29.5 Å². The van der Waals surface area contributed by atoms with Gasteiger partial charge in [-0.15, -0.1) is 0 Å². The summed E-state index contributed by atoms with van der Waals surface area (Å²) in [6.45, 7) is 4.82. The minimum Gasteiger partial charge on any atom is -0.494 e. The highest BCUT2D eigenvalue weighted by Crippen LogP contribution is 2.30. The summed E-state index contributed by atoms with van der Waals surface area (Å²) in [5.74, 6) is 0.496. The van der Waals surface area contributed by atoms with Crippen molar-refractivity contribution >= 4 is 29.5 Å². The first-order chi connectivity index (χ1) is 30.1. The number of amides is 5. The Morgan fingerprint density at radius 3 is 1.94 bits per heavy atom. The van der Waals surface area contributed by atoms with E-state index < -0.39 is 24.2 Å². The molecule has 334 valence electrons. The fraction of sp³-hybridized carbons (Fsp3) is 0.521. The van der Waals surface area contributed by atoms with Crippen LogP contribution in [0.1, 0.15) is 86.6 Å². The largest absolute Gasteiger partial charge is 0.494 e. The topological polar surface area (TPSA) is 170 Å². The lowest BCUT2D eigenvalue weighted by molar-refractivity contribution is -0.141. The summed E-state index contributed by atoms with van der Waals surface area (Å²) in [5.41, 5.74) is 4.21. The van der Waals surface area contributed by atoms with E-state index in [0.29, 0.717) is 44.8 Å². The van der Waals surface area contributed by atoms with Gasteiger partial charge in [-0.05, 0) is 125 Å². The van der Waals surface area contributed by atoms with Gasteiger partial charge < -0.3 is 45.9 Å². The van der Waals surface area contributed by atoms with Gasteiger partial charge in [-0.3, -0.25) is 24.0 Å². The molecule has 1 aliphatic carbocycles. The van der Waals surface area contributed by atoms with E-state index in [1.165, 1.54) is 5.56 Å². The number of fused-ring (bicyclic) bond motifs is 1. The molecule has 14 nitrogen and oxygen atoms in total. The Morgan fingerprint density at radius 2 is 1.32 bits per heavy atom. The summed E-state index contributed by atoms with van der Waals surface area (Å²) in [4.78, 5) is 70.0. The molecule has 2 heterocycles. The molecule has 3 aromatic carbocycles. The zero-order chi connectivity index (χ0) is 43.8. The van der Waals surface area contributed by atoms with Crippen molar-refractivity contribution < 1.29 is 33.4 Å². The smallest absolute Gasteiger partial charge is 0.246 e. The van der Waals surface area contributed by atoms with Crippen LogP contribution in [-0.4, -0.2) is 117 Å². The second-order valence-corrected chi connectivity index (χ2v) is 16.7. The third-order valence-corrected chi connectivity index (χ3v) is 12.2. The molecule has 0 aromatic heterocycles. The van der Waals surface area contributed by atoms with Crippen molar-refractivity contribution in [2.75, 3.05) is 53.5 Å². The first-order valence-corrected chi connectivity index (χ1v) is 22.5. The molecular formula is C48H65N7O7. The van der Waals surface area contributed by atoms with E-state index in [2.05, 4.69) is 38.7 Å². The molecule has 0 bridgehead atoms. The maximum atomic E-state index is 14.2. The lowest BCUT2D eigenvalue weighted by atomic mass is 9.87. The standard InChI is InChI=1S/C48H65N7O7/c1-33(50-3)45(57)53-42(48(60)55-27-11-16-43(55)46(58)52-40-15-10-13-36-12-4-5-14-39(36)40)31-35-19-23-38(24-20-35)62-29-9-8-28-61-37-21-17-34(18-22-37)30-41(51-44(56)32-49-2)47(59)54-25-6-7-26-54/h4-5,12,14,17-24,33,40-43,49-50H,6-11,13,15-16,25-32H2,1-3H3,(H,51,56)(H,52,58)(H,53,57)/t33-,40+,41?,42-,43?/m0/s1. The molecule has 14 heteroatoms. The maximum Gasteiger partial charge on any atom is 0.246 e. The third-order valence-electron chi connectivity index (χ3n) is 12.2. The van der Waals surface area contributed by atoms with Crippen LogP contribution in [0.2, 0.25) is 0 Å². The van der Waals surface area contributed by atoms with Crippen LogP contribution in [0.15, 0.2) is 72.8 Å². The van der Waals surface area contributed by atoms with Crippen LogP contribution in [0.5, 0.6) is 11.5 Å². The number of carbonyl (C=O) groups excluding carboxylic acids is 5. The van der Waals surface area contributed by atoms with Gasteiger partial charge in [0.1, 0.15) is 29.6 Å². The third kappa shape index (κ3) is 12.8. The van der Waals surface area contributed by atoms with Crippen molar-refractivity contribution in [2.45, 2.75) is 108 Å². The molecule has 62 heavy (non-hydrogen) atoms. The first-order valence-electron chi connectivity index (χ1n) is 22.5. The average Bonchev–Trinajstić information content (AvgIpc) is 4.02. The average molecular weight is 852 g/mol. The van der Waals surface area contributed by atoms with Gasteiger partial charge in [0.05, 0.1) is 31.8 Å². The van der Waals surface area contributed by atoms with E-state index >= 15 is 0 Å². The number of likely N-dealkylation sites (tertiary alicyclic amines) is 2. The highest BCUT2D eigenvalue weighted by atomic mass is 16.5. The van der Waals surface area contributed by atoms with E-state index in [1.54, 1.807) is 25.9 Å². The molecule has 5 N–H and O–H groups in total. The zero-order valence-corrected chi connectivity index (χ0v) is 36.6. The number of nitrogens with one attached hydrogen (secondary N) is 5. The van der Waals surface area contributed by atoms with E-state index in [9.17, 15) is 24.0 Å². The van der Waals surface area contributed by atoms with E-state index in [-0.39, 0.29) is 48.5 Å². The van der Waals surface area contributed by atoms with E-state index in [4.69, 9.17) is 9.47 Å². The van der Waals surface area contributed by atoms with Crippen molar-refractivity contribution in [3.05, 3.63) is 95.1 Å². The number of hydrogen-bond donors (Lipinski definition) is 5. The second-order valence-electron chi connectivity index (χ2n) is 16.7. The Hall–Kier alpha value is -5.47. The predicted molar refractivity (Wildman–Crippen MR) is 238 cm³/mol. The van der Waals surface area contributed by atoms with Crippen LogP contribution in [0, 0.1) is 0 Å². The maximum absolute atomic E-state index is 14.2. The summed E-state index contributed by atoms with van der Waals surface area (Å²) < 4.78 is 12.0.